The summed E-state index contributed by atoms with van der Waals surface area (Å²) in [7, 11) is 0. The maximum absolute atomic E-state index is 12.2. The molecular weight excluding hydrogens is 294 g/mol. The highest BCUT2D eigenvalue weighted by atomic mass is 16.5. The van der Waals surface area contributed by atoms with E-state index in [1.165, 1.54) is 0 Å². The van der Waals surface area contributed by atoms with E-state index in [2.05, 4.69) is 5.32 Å². The molecule has 1 aromatic rings. The molecule has 1 aromatic carbocycles. The second-order valence-corrected chi connectivity index (χ2v) is 5.45. The van der Waals surface area contributed by atoms with Crippen LogP contribution < -0.4 is 15.0 Å². The largest absolute Gasteiger partial charge is 0.494 e. The molecule has 1 aliphatic heterocycles. The summed E-state index contributed by atoms with van der Waals surface area (Å²) in [6, 6.07) is 7.19. The first kappa shape index (κ1) is 17.1. The van der Waals surface area contributed by atoms with Crippen LogP contribution in [0.25, 0.3) is 0 Å². The smallest absolute Gasteiger partial charge is 0.317 e. The van der Waals surface area contributed by atoms with Gasteiger partial charge in [-0.05, 0) is 45.0 Å². The molecule has 6 heteroatoms. The minimum Gasteiger partial charge on any atom is -0.494 e. The number of hydrogen-bond acceptors (Lipinski definition) is 3. The van der Waals surface area contributed by atoms with Gasteiger partial charge in [0.2, 0.25) is 5.91 Å². The number of carbonyl (C=O) groups is 2. The first-order valence-corrected chi connectivity index (χ1v) is 8.17. The molecule has 1 N–H and O–H groups in total. The summed E-state index contributed by atoms with van der Waals surface area (Å²) >= 11 is 0. The molecule has 1 fully saturated rings. The Labute approximate surface area is 137 Å². The number of carbonyl (C=O) groups excluding carboxylic acids is 2. The van der Waals surface area contributed by atoms with Gasteiger partial charge in [-0.1, -0.05) is 0 Å². The molecule has 1 saturated heterocycles. The van der Waals surface area contributed by atoms with E-state index in [0.29, 0.717) is 32.7 Å². The summed E-state index contributed by atoms with van der Waals surface area (Å²) in [5.74, 6) is 0.813. The molecule has 0 radical (unpaired) electrons. The second-order valence-electron chi connectivity index (χ2n) is 5.45. The highest BCUT2D eigenvalue weighted by Gasteiger charge is 2.32. The van der Waals surface area contributed by atoms with Gasteiger partial charge in [-0.3, -0.25) is 4.79 Å². The number of urea groups is 1. The molecular formula is C17H25N3O3. The number of rotatable bonds is 6. The van der Waals surface area contributed by atoms with Gasteiger partial charge in [0, 0.05) is 31.7 Å². The van der Waals surface area contributed by atoms with Crippen LogP contribution in [0.4, 0.5) is 10.5 Å². The molecule has 0 aliphatic carbocycles. The topological polar surface area (TPSA) is 61.9 Å². The number of nitrogens with zero attached hydrogens (tertiary/aromatic N) is 2. The molecule has 0 unspecified atom stereocenters. The van der Waals surface area contributed by atoms with Crippen LogP contribution in [0.2, 0.25) is 0 Å². The molecule has 2 rings (SSSR count). The van der Waals surface area contributed by atoms with Crippen LogP contribution in [0.5, 0.6) is 5.75 Å². The van der Waals surface area contributed by atoms with Crippen LogP contribution in [-0.2, 0) is 4.79 Å². The molecule has 23 heavy (non-hydrogen) atoms. The van der Waals surface area contributed by atoms with E-state index in [-0.39, 0.29) is 18.0 Å². The Bertz CT molecular complexity index is 541. The van der Waals surface area contributed by atoms with Crippen molar-refractivity contribution >= 4 is 17.6 Å². The quantitative estimate of drug-likeness (QED) is 0.875. The third kappa shape index (κ3) is 4.15. The number of hydrogen-bond donors (Lipinski definition) is 1. The van der Waals surface area contributed by atoms with Crippen molar-refractivity contribution < 1.29 is 14.3 Å². The maximum atomic E-state index is 12.2. The van der Waals surface area contributed by atoms with Crippen LogP contribution >= 0.6 is 0 Å². The van der Waals surface area contributed by atoms with Gasteiger partial charge in [0.15, 0.2) is 0 Å². The van der Waals surface area contributed by atoms with Crippen LogP contribution in [-0.4, -0.2) is 49.1 Å². The van der Waals surface area contributed by atoms with Gasteiger partial charge in [-0.2, -0.15) is 0 Å². The van der Waals surface area contributed by atoms with Crippen LogP contribution in [0.15, 0.2) is 24.3 Å². The first-order valence-electron chi connectivity index (χ1n) is 8.17. The Kier molecular flexibility index (Phi) is 5.84. The minimum atomic E-state index is -0.151. The molecule has 1 atom stereocenters. The summed E-state index contributed by atoms with van der Waals surface area (Å²) in [6.45, 7) is 8.24. The summed E-state index contributed by atoms with van der Waals surface area (Å²) in [4.78, 5) is 27.7. The molecule has 3 amide bonds. The molecule has 0 spiro atoms. The van der Waals surface area contributed by atoms with E-state index < -0.39 is 0 Å². The molecule has 0 aromatic heterocycles. The maximum Gasteiger partial charge on any atom is 0.317 e. The zero-order valence-corrected chi connectivity index (χ0v) is 14.0. The fraction of sp³-hybridized carbons (Fsp3) is 0.529. The van der Waals surface area contributed by atoms with E-state index >= 15 is 0 Å². The van der Waals surface area contributed by atoms with Crippen molar-refractivity contribution in [3.63, 3.8) is 0 Å². The lowest BCUT2D eigenvalue weighted by Gasteiger charge is -2.22. The van der Waals surface area contributed by atoms with Gasteiger partial charge in [0.25, 0.3) is 0 Å². The SMILES string of the molecule is CCOc1ccc(N2C[C@H](NC(=O)N(CC)CC)CC2=O)cc1. The van der Waals surface area contributed by atoms with Crippen molar-refractivity contribution in [1.29, 1.82) is 0 Å². The average Bonchev–Trinajstić information content (AvgIpc) is 2.90. The van der Waals surface area contributed by atoms with Crippen molar-refractivity contribution in [2.24, 2.45) is 0 Å². The summed E-state index contributed by atoms with van der Waals surface area (Å²) in [6.07, 6.45) is 0.334. The van der Waals surface area contributed by atoms with Gasteiger partial charge in [0.1, 0.15) is 5.75 Å². The number of anilines is 1. The lowest BCUT2D eigenvalue weighted by molar-refractivity contribution is -0.117. The first-order chi connectivity index (χ1) is 11.1. The Morgan fingerprint density at radius 1 is 1.26 bits per heavy atom. The van der Waals surface area contributed by atoms with Crippen molar-refractivity contribution in [3.05, 3.63) is 24.3 Å². The van der Waals surface area contributed by atoms with Crippen molar-refractivity contribution in [2.75, 3.05) is 31.1 Å². The predicted octanol–water partition coefficient (Wildman–Crippen LogP) is 2.24. The summed E-state index contributed by atoms with van der Waals surface area (Å²) in [5.41, 5.74) is 0.832. The van der Waals surface area contributed by atoms with Crippen molar-refractivity contribution in [3.8, 4) is 5.75 Å². The Morgan fingerprint density at radius 3 is 2.48 bits per heavy atom. The zero-order chi connectivity index (χ0) is 16.8. The summed E-state index contributed by atoms with van der Waals surface area (Å²) in [5, 5.41) is 2.94. The average molecular weight is 319 g/mol. The van der Waals surface area contributed by atoms with Gasteiger partial charge >= 0.3 is 6.03 Å². The van der Waals surface area contributed by atoms with Crippen molar-refractivity contribution in [1.82, 2.24) is 10.2 Å². The molecule has 1 heterocycles. The van der Waals surface area contributed by atoms with Gasteiger partial charge < -0.3 is 19.9 Å². The predicted molar refractivity (Wildman–Crippen MR) is 89.8 cm³/mol. The van der Waals surface area contributed by atoms with Crippen molar-refractivity contribution in [2.45, 2.75) is 33.2 Å². The lowest BCUT2D eigenvalue weighted by Crippen LogP contribution is -2.45. The Morgan fingerprint density at radius 2 is 1.91 bits per heavy atom. The molecule has 126 valence electrons. The van der Waals surface area contributed by atoms with E-state index in [1.54, 1.807) is 9.80 Å². The molecule has 0 saturated carbocycles. The highest BCUT2D eigenvalue weighted by Crippen LogP contribution is 2.24. The third-order valence-corrected chi connectivity index (χ3v) is 3.96. The van der Waals surface area contributed by atoms with Crippen LogP contribution in [0, 0.1) is 0 Å². The van der Waals surface area contributed by atoms with Crippen LogP contribution in [0.1, 0.15) is 27.2 Å². The molecule has 0 bridgehead atoms. The summed E-state index contributed by atoms with van der Waals surface area (Å²) < 4.78 is 5.41. The van der Waals surface area contributed by atoms with Crippen LogP contribution in [0.3, 0.4) is 0 Å². The Hall–Kier alpha value is -2.24. The standard InChI is InChI=1S/C17H25N3O3/c1-4-19(5-2)17(22)18-13-11-16(21)20(12-13)14-7-9-15(10-8-14)23-6-3/h7-10,13H,4-6,11-12H2,1-3H3,(H,18,22)/t13-/m1/s1. The lowest BCUT2D eigenvalue weighted by atomic mass is 10.2. The van der Waals surface area contributed by atoms with Gasteiger partial charge in [-0.15, -0.1) is 0 Å². The highest BCUT2D eigenvalue weighted by molar-refractivity contribution is 5.96. The molecule has 6 nitrogen and oxygen atoms in total. The van der Waals surface area contributed by atoms with E-state index in [1.807, 2.05) is 45.0 Å². The second kappa shape index (κ2) is 7.85. The Balaban J connectivity index is 1.98. The number of amides is 3. The fourth-order valence-electron chi connectivity index (χ4n) is 2.72. The fourth-order valence-corrected chi connectivity index (χ4v) is 2.72. The third-order valence-electron chi connectivity index (χ3n) is 3.96. The van der Waals surface area contributed by atoms with E-state index in [9.17, 15) is 9.59 Å². The monoisotopic (exact) mass is 319 g/mol. The van der Waals surface area contributed by atoms with Gasteiger partial charge in [-0.25, -0.2) is 4.79 Å². The van der Waals surface area contributed by atoms with Gasteiger partial charge in [0.05, 0.1) is 12.6 Å². The van der Waals surface area contributed by atoms with E-state index in [4.69, 9.17) is 4.74 Å². The zero-order valence-electron chi connectivity index (χ0n) is 14.0. The normalized spacial score (nSPS) is 17.3. The van der Waals surface area contributed by atoms with E-state index in [0.717, 1.165) is 11.4 Å². The number of ether oxygens (including phenoxy) is 1. The molecule has 1 aliphatic rings. The number of nitrogens with one attached hydrogen (secondary N) is 1. The number of benzene rings is 1. The minimum absolute atomic E-state index is 0.0269.